The van der Waals surface area contributed by atoms with Crippen molar-refractivity contribution in [1.29, 1.82) is 0 Å². The highest BCUT2D eigenvalue weighted by Gasteiger charge is 2.24. The summed E-state index contributed by atoms with van der Waals surface area (Å²) < 4.78 is 0. The normalized spacial score (nSPS) is 17.8. The first-order valence-electron chi connectivity index (χ1n) is 7.90. The van der Waals surface area contributed by atoms with Crippen LogP contribution in [0.5, 0.6) is 0 Å². The number of rotatable bonds is 3. The first-order chi connectivity index (χ1) is 11.1. The number of anilines is 2. The molecule has 1 aliphatic rings. The number of carbonyl (C=O) groups excluding carboxylic acids is 1. The van der Waals surface area contributed by atoms with Crippen LogP contribution in [0.25, 0.3) is 0 Å². The molecule has 1 atom stereocenters. The van der Waals surface area contributed by atoms with Gasteiger partial charge < -0.3 is 10.2 Å². The van der Waals surface area contributed by atoms with E-state index < -0.39 is 0 Å². The van der Waals surface area contributed by atoms with Crippen molar-refractivity contribution >= 4 is 17.7 Å². The number of hydrogen-bond acceptors (Lipinski definition) is 5. The minimum Gasteiger partial charge on any atom is -0.342 e. The Balaban J connectivity index is 1.74. The van der Waals surface area contributed by atoms with Gasteiger partial charge in [0.15, 0.2) is 0 Å². The van der Waals surface area contributed by atoms with Crippen molar-refractivity contribution in [3.05, 3.63) is 41.9 Å². The molecular formula is C17H21N5O. The standard InChI is InChI=1S/C17H21N5O/c1-12-5-6-16(19-10-12)21-17-18-8-7-15(20-17)14-4-3-9-22(11-14)13(2)23/h5-8,10,14H,3-4,9,11H2,1-2H3,(H,18,19,20,21). The van der Waals surface area contributed by atoms with Gasteiger partial charge in [0.05, 0.1) is 5.69 Å². The Kier molecular flexibility index (Phi) is 4.50. The summed E-state index contributed by atoms with van der Waals surface area (Å²) in [6.45, 7) is 5.19. The number of pyridine rings is 1. The summed E-state index contributed by atoms with van der Waals surface area (Å²) in [6.07, 6.45) is 5.61. The Hall–Kier alpha value is -2.50. The lowest BCUT2D eigenvalue weighted by Crippen LogP contribution is -2.37. The molecule has 2 aromatic heterocycles. The molecule has 6 nitrogen and oxygen atoms in total. The van der Waals surface area contributed by atoms with Crippen LogP contribution < -0.4 is 5.32 Å². The predicted octanol–water partition coefficient (Wildman–Crippen LogP) is 2.65. The SMILES string of the molecule is CC(=O)N1CCCC(c2ccnc(Nc3ccc(C)cn3)n2)C1. The minimum atomic E-state index is 0.131. The molecule has 1 N–H and O–H groups in total. The lowest BCUT2D eigenvalue weighted by atomic mass is 9.94. The Morgan fingerprint density at radius 1 is 1.30 bits per heavy atom. The monoisotopic (exact) mass is 311 g/mol. The molecule has 0 bridgehead atoms. The van der Waals surface area contributed by atoms with Crippen LogP contribution in [0.3, 0.4) is 0 Å². The van der Waals surface area contributed by atoms with Gasteiger partial charge in [-0.3, -0.25) is 4.79 Å². The predicted molar refractivity (Wildman–Crippen MR) is 88.5 cm³/mol. The maximum absolute atomic E-state index is 11.6. The molecule has 1 amide bonds. The number of nitrogens with one attached hydrogen (secondary N) is 1. The molecule has 23 heavy (non-hydrogen) atoms. The van der Waals surface area contributed by atoms with Crippen LogP contribution in [-0.4, -0.2) is 38.8 Å². The van der Waals surface area contributed by atoms with Crippen molar-refractivity contribution in [3.63, 3.8) is 0 Å². The summed E-state index contributed by atoms with van der Waals surface area (Å²) in [5, 5.41) is 3.13. The van der Waals surface area contributed by atoms with Gasteiger partial charge in [-0.25, -0.2) is 15.0 Å². The van der Waals surface area contributed by atoms with Gasteiger partial charge in [0.2, 0.25) is 11.9 Å². The average Bonchev–Trinajstić information content (AvgIpc) is 2.57. The molecule has 2 aromatic rings. The van der Waals surface area contributed by atoms with Gasteiger partial charge in [-0.15, -0.1) is 0 Å². The van der Waals surface area contributed by atoms with Gasteiger partial charge in [-0.2, -0.15) is 0 Å². The molecule has 1 unspecified atom stereocenters. The molecule has 120 valence electrons. The van der Waals surface area contributed by atoms with E-state index in [1.54, 1.807) is 19.3 Å². The van der Waals surface area contributed by atoms with Gasteiger partial charge in [0.25, 0.3) is 0 Å². The highest BCUT2D eigenvalue weighted by molar-refractivity contribution is 5.73. The third-order valence-corrected chi connectivity index (χ3v) is 4.11. The van der Waals surface area contributed by atoms with E-state index in [0.717, 1.165) is 43.0 Å². The average molecular weight is 311 g/mol. The maximum Gasteiger partial charge on any atom is 0.228 e. The number of piperidine rings is 1. The third-order valence-electron chi connectivity index (χ3n) is 4.11. The third kappa shape index (κ3) is 3.83. The fourth-order valence-electron chi connectivity index (χ4n) is 2.82. The zero-order chi connectivity index (χ0) is 16.2. The molecule has 0 spiro atoms. The Morgan fingerprint density at radius 3 is 2.91 bits per heavy atom. The van der Waals surface area contributed by atoms with E-state index in [2.05, 4.69) is 20.3 Å². The van der Waals surface area contributed by atoms with Gasteiger partial charge in [0, 0.05) is 38.3 Å². The summed E-state index contributed by atoms with van der Waals surface area (Å²) in [4.78, 5) is 26.7. The molecule has 1 fully saturated rings. The molecule has 3 rings (SSSR count). The number of aryl methyl sites for hydroxylation is 1. The Morgan fingerprint density at radius 2 is 2.17 bits per heavy atom. The van der Waals surface area contributed by atoms with Gasteiger partial charge in [-0.1, -0.05) is 6.07 Å². The molecule has 1 saturated heterocycles. The molecular weight excluding hydrogens is 290 g/mol. The van der Waals surface area contributed by atoms with Crippen LogP contribution >= 0.6 is 0 Å². The first-order valence-corrected chi connectivity index (χ1v) is 7.90. The largest absolute Gasteiger partial charge is 0.342 e. The number of nitrogens with zero attached hydrogens (tertiary/aromatic N) is 4. The van der Waals surface area contributed by atoms with E-state index in [0.29, 0.717) is 5.95 Å². The Labute approximate surface area is 136 Å². The number of amides is 1. The molecule has 1 aliphatic heterocycles. The molecule has 3 heterocycles. The molecule has 0 saturated carbocycles. The van der Waals surface area contributed by atoms with Crippen LogP contribution in [0.4, 0.5) is 11.8 Å². The lowest BCUT2D eigenvalue weighted by molar-refractivity contribution is -0.130. The van der Waals surface area contributed by atoms with Crippen molar-refractivity contribution in [2.24, 2.45) is 0 Å². The second-order valence-electron chi connectivity index (χ2n) is 5.96. The minimum absolute atomic E-state index is 0.131. The highest BCUT2D eigenvalue weighted by atomic mass is 16.2. The number of likely N-dealkylation sites (tertiary alicyclic amines) is 1. The van der Waals surface area contributed by atoms with E-state index in [4.69, 9.17) is 0 Å². The van der Waals surface area contributed by atoms with E-state index in [1.807, 2.05) is 30.0 Å². The summed E-state index contributed by atoms with van der Waals surface area (Å²) in [5.74, 6) is 1.66. The van der Waals surface area contributed by atoms with Crippen molar-refractivity contribution in [2.75, 3.05) is 18.4 Å². The second kappa shape index (κ2) is 6.73. The van der Waals surface area contributed by atoms with E-state index in [-0.39, 0.29) is 11.8 Å². The smallest absolute Gasteiger partial charge is 0.228 e. The Bertz CT molecular complexity index is 686. The second-order valence-corrected chi connectivity index (χ2v) is 5.96. The van der Waals surface area contributed by atoms with Crippen molar-refractivity contribution in [1.82, 2.24) is 19.9 Å². The summed E-state index contributed by atoms with van der Waals surface area (Å²) in [6, 6.07) is 5.83. The van der Waals surface area contributed by atoms with Crippen molar-refractivity contribution in [2.45, 2.75) is 32.6 Å². The van der Waals surface area contributed by atoms with E-state index >= 15 is 0 Å². The fourth-order valence-corrected chi connectivity index (χ4v) is 2.82. The van der Waals surface area contributed by atoms with Gasteiger partial charge >= 0.3 is 0 Å². The quantitative estimate of drug-likeness (QED) is 0.943. The van der Waals surface area contributed by atoms with Gasteiger partial charge in [-0.05, 0) is 37.5 Å². The van der Waals surface area contributed by atoms with Crippen LogP contribution in [0, 0.1) is 6.92 Å². The summed E-state index contributed by atoms with van der Waals surface area (Å²) in [5.41, 5.74) is 2.08. The van der Waals surface area contributed by atoms with Crippen LogP contribution in [0.1, 0.15) is 36.9 Å². The first kappa shape index (κ1) is 15.4. The number of aromatic nitrogens is 3. The zero-order valence-electron chi connectivity index (χ0n) is 13.5. The molecule has 0 aromatic carbocycles. The summed E-state index contributed by atoms with van der Waals surface area (Å²) in [7, 11) is 0. The maximum atomic E-state index is 11.6. The van der Waals surface area contributed by atoms with Crippen LogP contribution in [-0.2, 0) is 4.79 Å². The number of carbonyl (C=O) groups is 1. The molecule has 0 aliphatic carbocycles. The molecule has 0 radical (unpaired) electrons. The van der Waals surface area contributed by atoms with Crippen LogP contribution in [0.15, 0.2) is 30.6 Å². The van der Waals surface area contributed by atoms with E-state index in [9.17, 15) is 4.79 Å². The summed E-state index contributed by atoms with van der Waals surface area (Å²) >= 11 is 0. The molecule has 6 heteroatoms. The van der Waals surface area contributed by atoms with Crippen molar-refractivity contribution < 1.29 is 4.79 Å². The van der Waals surface area contributed by atoms with E-state index in [1.165, 1.54) is 0 Å². The fraction of sp³-hybridized carbons (Fsp3) is 0.412. The topological polar surface area (TPSA) is 71.0 Å². The lowest BCUT2D eigenvalue weighted by Gasteiger charge is -2.31. The zero-order valence-corrected chi connectivity index (χ0v) is 13.5. The van der Waals surface area contributed by atoms with Crippen molar-refractivity contribution in [3.8, 4) is 0 Å². The van der Waals surface area contributed by atoms with Crippen LogP contribution in [0.2, 0.25) is 0 Å². The van der Waals surface area contributed by atoms with Gasteiger partial charge in [0.1, 0.15) is 5.82 Å². The number of hydrogen-bond donors (Lipinski definition) is 1. The highest BCUT2D eigenvalue weighted by Crippen LogP contribution is 2.26.